The summed E-state index contributed by atoms with van der Waals surface area (Å²) in [6.45, 7) is 0.301. The molecule has 2 unspecified atom stereocenters. The lowest BCUT2D eigenvalue weighted by Crippen LogP contribution is -2.69. The molecule has 2 fully saturated rings. The molecule has 54 heavy (non-hydrogen) atoms. The number of carboxylic acids is 1. The minimum atomic E-state index is -6.43. The number of rotatable bonds is 13. The van der Waals surface area contributed by atoms with E-state index >= 15 is 0 Å². The van der Waals surface area contributed by atoms with E-state index in [2.05, 4.69) is 16.0 Å². The summed E-state index contributed by atoms with van der Waals surface area (Å²) < 4.78 is 94.8. The third kappa shape index (κ3) is 7.91. The highest BCUT2D eigenvalue weighted by Crippen LogP contribution is 2.53. The predicted molar refractivity (Wildman–Crippen MR) is 180 cm³/mol. The lowest BCUT2D eigenvalue weighted by atomic mass is 9.94. The Hall–Kier alpha value is -5.81. The third-order valence-electron chi connectivity index (χ3n) is 9.20. The van der Waals surface area contributed by atoms with E-state index in [1.165, 1.54) is 24.3 Å². The number of aryl methyl sites for hydroxylation is 1. The first-order valence-corrected chi connectivity index (χ1v) is 16.5. The van der Waals surface area contributed by atoms with Crippen LogP contribution in [0.2, 0.25) is 0 Å². The smallest absolute Gasteiger partial charge is 0.430 e. The Labute approximate surface area is 304 Å². The predicted octanol–water partition coefficient (Wildman–Crippen LogP) is 6.78. The molecular formula is C36H35F6N5O7. The molecule has 2 atom stereocenters. The van der Waals surface area contributed by atoms with Crippen molar-refractivity contribution in [2.45, 2.75) is 69.1 Å². The number of carbonyl (C=O) groups is 5. The molecule has 0 spiro atoms. The number of imide groups is 1. The Kier molecular flexibility index (Phi) is 11.1. The number of amides is 6. The summed E-state index contributed by atoms with van der Waals surface area (Å²) in [5.74, 6) is -6.04. The van der Waals surface area contributed by atoms with Crippen LogP contribution >= 0.6 is 0 Å². The molecule has 4 N–H and O–H groups in total. The number of benzene rings is 3. The van der Waals surface area contributed by atoms with Gasteiger partial charge in [-0.15, -0.1) is 0 Å². The summed E-state index contributed by atoms with van der Waals surface area (Å²) in [7, 11) is 1.12. The van der Waals surface area contributed by atoms with Crippen molar-refractivity contribution in [3.05, 3.63) is 89.5 Å². The maximum Gasteiger partial charge on any atom is 0.430 e. The van der Waals surface area contributed by atoms with Gasteiger partial charge in [-0.05, 0) is 54.2 Å². The zero-order valence-electron chi connectivity index (χ0n) is 28.8. The molecule has 0 radical (unpaired) electrons. The average Bonchev–Trinajstić information content (AvgIpc) is 3.88. The summed E-state index contributed by atoms with van der Waals surface area (Å²) in [4.78, 5) is 64.9. The van der Waals surface area contributed by atoms with Crippen LogP contribution in [0.5, 0.6) is 5.75 Å². The van der Waals surface area contributed by atoms with E-state index in [1.54, 1.807) is 37.3 Å². The van der Waals surface area contributed by atoms with E-state index in [0.717, 1.165) is 30.9 Å². The van der Waals surface area contributed by atoms with Gasteiger partial charge in [0.1, 0.15) is 11.8 Å². The van der Waals surface area contributed by atoms with Gasteiger partial charge in [-0.1, -0.05) is 67.4 Å². The molecule has 288 valence electrons. The zero-order chi connectivity index (χ0) is 39.6. The standard InChI is InChI=1S/C36H35F6N5O7/c1-20-8-6-7-11-24(20)44-32(52)45-25-15-14-22(17-28(25)54-2)19-46-33(53)47(31(51)34(46,35(37,38)39)36(40,41)42)27(16-21-12-13-21)30(50)43-26(18-29(48)49)23-9-4-3-5-10-23/h3-11,14-15,17,21,26-27H,12-13,16,18-19H2,1-2H3,(H,43,50)(H,48,49)(H2,44,45,52). The molecule has 3 aromatic rings. The fourth-order valence-corrected chi connectivity index (χ4v) is 6.31. The molecule has 5 rings (SSSR count). The number of anilines is 2. The second kappa shape index (κ2) is 15.3. The molecule has 1 saturated heterocycles. The van der Waals surface area contributed by atoms with Crippen molar-refractivity contribution in [1.29, 1.82) is 0 Å². The average molecular weight is 764 g/mol. The summed E-state index contributed by atoms with van der Waals surface area (Å²) >= 11 is 0. The van der Waals surface area contributed by atoms with Gasteiger partial charge in [0.05, 0.1) is 25.3 Å². The van der Waals surface area contributed by atoms with Crippen LogP contribution in [0.4, 0.5) is 47.3 Å². The summed E-state index contributed by atoms with van der Waals surface area (Å²) in [6, 6.07) is 11.2. The molecule has 12 nitrogen and oxygen atoms in total. The molecule has 2 aliphatic rings. The number of carbonyl (C=O) groups excluding carboxylic acids is 4. The number of carboxylic acid groups (broad SMARTS) is 1. The monoisotopic (exact) mass is 763 g/mol. The van der Waals surface area contributed by atoms with Gasteiger partial charge >= 0.3 is 35.9 Å². The molecule has 0 aromatic heterocycles. The van der Waals surface area contributed by atoms with E-state index in [-0.39, 0.29) is 27.5 Å². The summed E-state index contributed by atoms with van der Waals surface area (Å²) in [5, 5.41) is 16.9. The highest BCUT2D eigenvalue weighted by atomic mass is 19.4. The third-order valence-corrected chi connectivity index (χ3v) is 9.20. The van der Waals surface area contributed by atoms with E-state index in [9.17, 15) is 55.4 Å². The Bertz CT molecular complexity index is 1910. The van der Waals surface area contributed by atoms with E-state index in [4.69, 9.17) is 4.74 Å². The van der Waals surface area contributed by atoms with Gasteiger partial charge in [0.25, 0.3) is 5.91 Å². The maximum atomic E-state index is 14.9. The zero-order valence-corrected chi connectivity index (χ0v) is 28.8. The number of halogens is 6. The molecule has 1 saturated carbocycles. The number of hydrogen-bond acceptors (Lipinski definition) is 6. The van der Waals surface area contributed by atoms with Crippen LogP contribution in [-0.4, -0.2) is 75.8 Å². The maximum absolute atomic E-state index is 14.9. The first kappa shape index (κ1) is 39.4. The van der Waals surface area contributed by atoms with E-state index in [1.807, 2.05) is 0 Å². The molecule has 1 aliphatic carbocycles. The van der Waals surface area contributed by atoms with Crippen molar-refractivity contribution in [1.82, 2.24) is 15.1 Å². The minimum absolute atomic E-state index is 0.0359. The van der Waals surface area contributed by atoms with E-state index in [0.29, 0.717) is 18.5 Å². The molecule has 1 heterocycles. The normalized spacial score (nSPS) is 16.8. The van der Waals surface area contributed by atoms with Crippen LogP contribution in [-0.2, 0) is 20.9 Å². The van der Waals surface area contributed by atoms with Crippen molar-refractivity contribution < 1.29 is 60.2 Å². The number of methoxy groups -OCH3 is 1. The number of alkyl halides is 6. The van der Waals surface area contributed by atoms with Crippen molar-refractivity contribution >= 4 is 41.2 Å². The quantitative estimate of drug-likeness (QED) is 0.111. The molecule has 1 aliphatic heterocycles. The van der Waals surface area contributed by atoms with Gasteiger partial charge in [0.2, 0.25) is 5.91 Å². The second-order valence-corrected chi connectivity index (χ2v) is 12.9. The molecular weight excluding hydrogens is 728 g/mol. The fourth-order valence-electron chi connectivity index (χ4n) is 6.31. The summed E-state index contributed by atoms with van der Waals surface area (Å²) in [5.41, 5.74) is -4.37. The Balaban J connectivity index is 1.50. The van der Waals surface area contributed by atoms with Gasteiger partial charge in [0, 0.05) is 12.2 Å². The van der Waals surface area contributed by atoms with Gasteiger partial charge in [-0.2, -0.15) is 26.3 Å². The first-order valence-electron chi connectivity index (χ1n) is 16.5. The molecule has 6 amide bonds. The van der Waals surface area contributed by atoms with Gasteiger partial charge < -0.3 is 25.8 Å². The Morgan fingerprint density at radius 2 is 1.52 bits per heavy atom. The lowest BCUT2D eigenvalue weighted by molar-refractivity contribution is -0.315. The number of ether oxygens (including phenoxy) is 1. The van der Waals surface area contributed by atoms with Crippen LogP contribution in [0, 0.1) is 12.8 Å². The van der Waals surface area contributed by atoms with E-state index < -0.39 is 90.0 Å². The highest BCUT2D eigenvalue weighted by molar-refractivity contribution is 6.11. The number of urea groups is 2. The lowest BCUT2D eigenvalue weighted by Gasteiger charge is -2.37. The summed E-state index contributed by atoms with van der Waals surface area (Å²) in [6.07, 6.45) is -13.2. The van der Waals surface area contributed by atoms with Crippen LogP contribution < -0.4 is 20.7 Å². The van der Waals surface area contributed by atoms with Crippen molar-refractivity contribution in [2.24, 2.45) is 5.92 Å². The number of nitrogens with one attached hydrogen (secondary N) is 3. The highest BCUT2D eigenvalue weighted by Gasteiger charge is 2.84. The number of hydrogen-bond donors (Lipinski definition) is 4. The van der Waals surface area contributed by atoms with Crippen LogP contribution in [0.15, 0.2) is 72.8 Å². The SMILES string of the molecule is COc1cc(CN2C(=O)N(C(CC3CC3)C(=O)NC(CC(=O)O)c3ccccc3)C(=O)C2(C(F)(F)F)C(F)(F)F)ccc1NC(=O)Nc1ccccc1C. The topological polar surface area (TPSA) is 157 Å². The van der Waals surface area contributed by atoms with Crippen molar-refractivity contribution in [2.75, 3.05) is 17.7 Å². The second-order valence-electron chi connectivity index (χ2n) is 12.9. The van der Waals surface area contributed by atoms with Crippen molar-refractivity contribution in [3.8, 4) is 5.75 Å². The number of aliphatic carboxylic acids is 1. The number of para-hydroxylation sites is 1. The molecule has 3 aromatic carbocycles. The van der Waals surface area contributed by atoms with Crippen molar-refractivity contribution in [3.63, 3.8) is 0 Å². The molecule has 0 bridgehead atoms. The van der Waals surface area contributed by atoms with Gasteiger partial charge in [-0.25, -0.2) is 14.5 Å². The molecule has 18 heteroatoms. The first-order chi connectivity index (χ1) is 25.4. The minimum Gasteiger partial charge on any atom is -0.495 e. The van der Waals surface area contributed by atoms with Crippen LogP contribution in [0.25, 0.3) is 0 Å². The Morgan fingerprint density at radius 1 is 0.907 bits per heavy atom. The van der Waals surface area contributed by atoms with Crippen LogP contribution in [0.1, 0.15) is 48.4 Å². The van der Waals surface area contributed by atoms with Gasteiger partial charge in [0.15, 0.2) is 0 Å². The van der Waals surface area contributed by atoms with Gasteiger partial charge in [-0.3, -0.25) is 19.3 Å². The number of nitrogens with zero attached hydrogens (tertiary/aromatic N) is 2. The largest absolute Gasteiger partial charge is 0.495 e. The Morgan fingerprint density at radius 3 is 2.09 bits per heavy atom. The fraction of sp³-hybridized carbons (Fsp3) is 0.361. The van der Waals surface area contributed by atoms with Crippen LogP contribution in [0.3, 0.4) is 0 Å².